The van der Waals surface area contributed by atoms with Crippen molar-refractivity contribution < 1.29 is 13.2 Å². The molecule has 1 aliphatic heterocycles. The minimum Gasteiger partial charge on any atom is -0.336 e. The van der Waals surface area contributed by atoms with Crippen LogP contribution in [0.4, 0.5) is 4.79 Å². The maximum atomic E-state index is 13.1. The van der Waals surface area contributed by atoms with Gasteiger partial charge < -0.3 is 10.2 Å². The monoisotopic (exact) mass is 392 g/mol. The smallest absolute Gasteiger partial charge is 0.317 e. The van der Waals surface area contributed by atoms with Crippen LogP contribution in [0.5, 0.6) is 0 Å². The van der Waals surface area contributed by atoms with Crippen LogP contribution in [0.15, 0.2) is 46.0 Å². The number of carbonyl (C=O) groups excluding carboxylic acids is 1. The molecule has 0 unspecified atom stereocenters. The molecule has 0 radical (unpaired) electrons. The Labute approximate surface area is 159 Å². The quantitative estimate of drug-likeness (QED) is 0.842. The fourth-order valence-electron chi connectivity index (χ4n) is 3.14. The molecule has 0 bridgehead atoms. The average molecular weight is 393 g/mol. The number of nitrogens with zero attached hydrogens (tertiary/aromatic N) is 1. The normalized spacial score (nSPS) is 16.3. The number of amides is 2. The number of carbonyl (C=O) groups is 1. The highest BCUT2D eigenvalue weighted by Crippen LogP contribution is 2.31. The summed E-state index contributed by atoms with van der Waals surface area (Å²) in [4.78, 5) is 14.2. The third-order valence-electron chi connectivity index (χ3n) is 4.68. The van der Waals surface area contributed by atoms with E-state index in [9.17, 15) is 13.2 Å². The van der Waals surface area contributed by atoms with Crippen LogP contribution in [0.25, 0.3) is 0 Å². The number of hydrogen-bond acceptors (Lipinski definition) is 4. The van der Waals surface area contributed by atoms with E-state index in [0.717, 1.165) is 37.9 Å². The number of nitrogens with one attached hydrogen (secondary N) is 1. The van der Waals surface area contributed by atoms with Crippen molar-refractivity contribution in [3.05, 3.63) is 52.9 Å². The third-order valence-corrected chi connectivity index (χ3v) is 8.21. The van der Waals surface area contributed by atoms with Gasteiger partial charge in [0.25, 0.3) is 0 Å². The second-order valence-corrected chi connectivity index (χ2v) is 9.92. The highest BCUT2D eigenvalue weighted by molar-refractivity contribution is 7.93. The van der Waals surface area contributed by atoms with Crippen LogP contribution < -0.4 is 5.32 Å². The summed E-state index contributed by atoms with van der Waals surface area (Å²) in [5.74, 6) is 0. The van der Waals surface area contributed by atoms with Gasteiger partial charge in [0.2, 0.25) is 0 Å². The Morgan fingerprint density at radius 2 is 1.85 bits per heavy atom. The van der Waals surface area contributed by atoms with Gasteiger partial charge in [-0.25, -0.2) is 13.2 Å². The first kappa shape index (κ1) is 18.9. The van der Waals surface area contributed by atoms with Crippen LogP contribution in [0.3, 0.4) is 0 Å². The SMILES string of the molecule is Cc1ccc([C@H](CNC(=O)N2CCCCC2)S(=O)(=O)c2cccs2)cc1. The number of sulfone groups is 1. The van der Waals surface area contributed by atoms with Crippen LogP contribution in [0.1, 0.15) is 35.6 Å². The fourth-order valence-corrected chi connectivity index (χ4v) is 6.01. The maximum absolute atomic E-state index is 13.1. The molecule has 26 heavy (non-hydrogen) atoms. The molecule has 0 aliphatic carbocycles. The zero-order valence-corrected chi connectivity index (χ0v) is 16.5. The van der Waals surface area contributed by atoms with Crippen molar-refractivity contribution in [1.29, 1.82) is 0 Å². The van der Waals surface area contributed by atoms with Gasteiger partial charge in [-0.1, -0.05) is 35.9 Å². The van der Waals surface area contributed by atoms with Gasteiger partial charge in [-0.05, 0) is 43.2 Å². The molecular weight excluding hydrogens is 368 g/mol. The molecular formula is C19H24N2O3S2. The van der Waals surface area contributed by atoms with Crippen molar-refractivity contribution >= 4 is 27.2 Å². The standard InChI is InChI=1S/C19H24N2O3S2/c1-15-7-9-16(10-8-15)17(26(23,24)18-6-5-13-25-18)14-20-19(22)21-11-3-2-4-12-21/h5-10,13,17H,2-4,11-12,14H2,1H3,(H,20,22)/t17-/m0/s1. The molecule has 140 valence electrons. The summed E-state index contributed by atoms with van der Waals surface area (Å²) in [6.07, 6.45) is 3.15. The van der Waals surface area contributed by atoms with Crippen LogP contribution in [0.2, 0.25) is 0 Å². The van der Waals surface area contributed by atoms with Gasteiger partial charge in [0, 0.05) is 19.6 Å². The number of benzene rings is 1. The molecule has 0 spiro atoms. The lowest BCUT2D eigenvalue weighted by atomic mass is 10.1. The molecule has 1 saturated heterocycles. The van der Waals surface area contributed by atoms with Gasteiger partial charge in [0.15, 0.2) is 9.84 Å². The minimum atomic E-state index is -3.56. The average Bonchev–Trinajstić information content (AvgIpc) is 3.19. The van der Waals surface area contributed by atoms with E-state index in [1.54, 1.807) is 22.4 Å². The molecule has 1 fully saturated rings. The number of thiophene rings is 1. The number of rotatable bonds is 5. The lowest BCUT2D eigenvalue weighted by Gasteiger charge is -2.28. The molecule has 7 heteroatoms. The van der Waals surface area contributed by atoms with Crippen LogP contribution >= 0.6 is 11.3 Å². The number of likely N-dealkylation sites (tertiary alicyclic amines) is 1. The largest absolute Gasteiger partial charge is 0.336 e. The Kier molecular flexibility index (Phi) is 5.98. The van der Waals surface area contributed by atoms with E-state index in [1.807, 2.05) is 31.2 Å². The van der Waals surface area contributed by atoms with Gasteiger partial charge in [-0.3, -0.25) is 0 Å². The highest BCUT2D eigenvalue weighted by Gasteiger charge is 2.31. The van der Waals surface area contributed by atoms with Crippen molar-refractivity contribution in [2.24, 2.45) is 0 Å². The predicted octanol–water partition coefficient (Wildman–Crippen LogP) is 3.77. The van der Waals surface area contributed by atoms with Crippen molar-refractivity contribution in [2.45, 2.75) is 35.6 Å². The molecule has 2 amide bonds. The molecule has 2 aromatic rings. The van der Waals surface area contributed by atoms with E-state index in [2.05, 4.69) is 5.32 Å². The molecule has 0 saturated carbocycles. The van der Waals surface area contributed by atoms with Crippen molar-refractivity contribution in [3.63, 3.8) is 0 Å². The van der Waals surface area contributed by atoms with Gasteiger partial charge in [-0.15, -0.1) is 11.3 Å². The Bertz CT molecular complexity index is 824. The van der Waals surface area contributed by atoms with Crippen LogP contribution in [-0.4, -0.2) is 39.0 Å². The lowest BCUT2D eigenvalue weighted by Crippen LogP contribution is -2.44. The first-order chi connectivity index (χ1) is 12.5. The Morgan fingerprint density at radius 3 is 2.46 bits per heavy atom. The Morgan fingerprint density at radius 1 is 1.15 bits per heavy atom. The third kappa shape index (κ3) is 4.27. The molecule has 1 N–H and O–H groups in total. The Hall–Kier alpha value is -1.86. The predicted molar refractivity (Wildman–Crippen MR) is 104 cm³/mol. The molecule has 1 aliphatic rings. The van der Waals surface area contributed by atoms with Crippen molar-refractivity contribution in [2.75, 3.05) is 19.6 Å². The Balaban J connectivity index is 1.81. The number of aryl methyl sites for hydroxylation is 1. The van der Waals surface area contributed by atoms with E-state index >= 15 is 0 Å². The zero-order valence-electron chi connectivity index (χ0n) is 14.8. The maximum Gasteiger partial charge on any atom is 0.317 e. The van der Waals surface area contributed by atoms with Crippen molar-refractivity contribution in [1.82, 2.24) is 10.2 Å². The summed E-state index contributed by atoms with van der Waals surface area (Å²) < 4.78 is 26.6. The fraction of sp³-hybridized carbons (Fsp3) is 0.421. The molecule has 1 aromatic carbocycles. The number of urea groups is 1. The zero-order chi connectivity index (χ0) is 18.6. The van der Waals surface area contributed by atoms with Crippen LogP contribution in [-0.2, 0) is 9.84 Å². The minimum absolute atomic E-state index is 0.0681. The first-order valence-corrected chi connectivity index (χ1v) is 11.3. The molecule has 2 heterocycles. The van der Waals surface area contributed by atoms with E-state index in [0.29, 0.717) is 9.77 Å². The summed E-state index contributed by atoms with van der Waals surface area (Å²) >= 11 is 1.21. The van der Waals surface area contributed by atoms with E-state index < -0.39 is 15.1 Å². The van der Waals surface area contributed by atoms with E-state index in [-0.39, 0.29) is 12.6 Å². The lowest BCUT2D eigenvalue weighted by molar-refractivity contribution is 0.186. The summed E-state index contributed by atoms with van der Waals surface area (Å²) in [7, 11) is -3.56. The summed E-state index contributed by atoms with van der Waals surface area (Å²) in [5, 5.41) is 3.81. The second kappa shape index (κ2) is 8.22. The summed E-state index contributed by atoms with van der Waals surface area (Å²) in [5.41, 5.74) is 1.77. The van der Waals surface area contributed by atoms with E-state index in [1.165, 1.54) is 11.3 Å². The topological polar surface area (TPSA) is 66.5 Å². The van der Waals surface area contributed by atoms with Crippen molar-refractivity contribution in [3.8, 4) is 0 Å². The molecule has 1 atom stereocenters. The molecule has 3 rings (SSSR count). The van der Waals surface area contributed by atoms with Crippen LogP contribution in [0, 0.1) is 6.92 Å². The number of piperidine rings is 1. The summed E-state index contributed by atoms with van der Waals surface area (Å²) in [6, 6.07) is 10.6. The highest BCUT2D eigenvalue weighted by atomic mass is 32.2. The second-order valence-electron chi connectivity index (χ2n) is 6.61. The van der Waals surface area contributed by atoms with Gasteiger partial charge in [-0.2, -0.15) is 0 Å². The summed E-state index contributed by atoms with van der Waals surface area (Å²) in [6.45, 7) is 3.50. The van der Waals surface area contributed by atoms with E-state index in [4.69, 9.17) is 0 Å². The molecule has 5 nitrogen and oxygen atoms in total. The van der Waals surface area contributed by atoms with Gasteiger partial charge in [0.1, 0.15) is 9.46 Å². The molecule has 1 aromatic heterocycles. The first-order valence-electron chi connectivity index (χ1n) is 8.85. The van der Waals surface area contributed by atoms with Gasteiger partial charge in [0.05, 0.1) is 0 Å². The number of hydrogen-bond donors (Lipinski definition) is 1. The van der Waals surface area contributed by atoms with Gasteiger partial charge >= 0.3 is 6.03 Å².